The summed E-state index contributed by atoms with van der Waals surface area (Å²) < 4.78 is 0. The van der Waals surface area contributed by atoms with Crippen LogP contribution in [0.15, 0.2) is 36.5 Å². The Bertz CT molecular complexity index is 880. The third-order valence-corrected chi connectivity index (χ3v) is 5.11. The first-order chi connectivity index (χ1) is 13.2. The number of carbonyl (C=O) groups is 1. The number of anilines is 1. The van der Waals surface area contributed by atoms with E-state index in [1.807, 2.05) is 36.1 Å². The van der Waals surface area contributed by atoms with E-state index < -0.39 is 4.92 Å². The van der Waals surface area contributed by atoms with Gasteiger partial charge in [-0.15, -0.1) is 0 Å². The summed E-state index contributed by atoms with van der Waals surface area (Å²) in [4.78, 5) is 31.4. The van der Waals surface area contributed by atoms with Gasteiger partial charge in [0.2, 0.25) is 0 Å². The molecular weight excluding hydrogens is 356 g/mol. The fourth-order valence-electron chi connectivity index (χ4n) is 3.40. The van der Waals surface area contributed by atoms with E-state index in [2.05, 4.69) is 30.7 Å². The van der Waals surface area contributed by atoms with Crippen LogP contribution < -0.4 is 4.90 Å². The quantitative estimate of drug-likeness (QED) is 0.599. The van der Waals surface area contributed by atoms with Crippen molar-refractivity contribution in [2.24, 2.45) is 0 Å². The Morgan fingerprint density at radius 3 is 2.21 bits per heavy atom. The van der Waals surface area contributed by atoms with Crippen LogP contribution in [0.5, 0.6) is 0 Å². The Hall–Kier alpha value is -2.96. The summed E-state index contributed by atoms with van der Waals surface area (Å²) >= 11 is 0. The van der Waals surface area contributed by atoms with Gasteiger partial charge in [-0.05, 0) is 35.6 Å². The lowest BCUT2D eigenvalue weighted by Crippen LogP contribution is -2.49. The van der Waals surface area contributed by atoms with Crippen LogP contribution in [0.4, 0.5) is 11.5 Å². The molecule has 0 radical (unpaired) electrons. The van der Waals surface area contributed by atoms with Crippen LogP contribution in [0.2, 0.25) is 0 Å². The normalized spacial score (nSPS) is 14.9. The molecule has 7 heteroatoms. The molecule has 1 aliphatic heterocycles. The van der Waals surface area contributed by atoms with Crippen molar-refractivity contribution in [3.8, 4) is 0 Å². The van der Waals surface area contributed by atoms with Gasteiger partial charge < -0.3 is 9.80 Å². The summed E-state index contributed by atoms with van der Waals surface area (Å²) in [6, 6.07) is 9.38. The van der Waals surface area contributed by atoms with E-state index in [0.717, 1.165) is 11.4 Å². The molecule has 148 valence electrons. The molecular formula is C21H26N4O3. The number of pyridine rings is 1. The Morgan fingerprint density at radius 1 is 1.11 bits per heavy atom. The summed E-state index contributed by atoms with van der Waals surface area (Å²) in [5.74, 6) is 0.778. The van der Waals surface area contributed by atoms with Gasteiger partial charge in [0.25, 0.3) is 11.6 Å². The Kier molecular flexibility index (Phi) is 5.36. The molecule has 0 bridgehead atoms. The lowest BCUT2D eigenvalue weighted by atomic mass is 9.86. The van der Waals surface area contributed by atoms with Gasteiger partial charge in [-0.3, -0.25) is 14.9 Å². The van der Waals surface area contributed by atoms with Gasteiger partial charge in [0.1, 0.15) is 12.0 Å². The van der Waals surface area contributed by atoms with Crippen molar-refractivity contribution in [2.75, 3.05) is 31.1 Å². The van der Waals surface area contributed by atoms with Crippen LogP contribution in [0.1, 0.15) is 42.3 Å². The predicted octanol–water partition coefficient (Wildman–Crippen LogP) is 3.56. The monoisotopic (exact) mass is 382 g/mol. The molecule has 0 aliphatic carbocycles. The van der Waals surface area contributed by atoms with Gasteiger partial charge in [0.15, 0.2) is 0 Å². The molecule has 0 N–H and O–H groups in total. The van der Waals surface area contributed by atoms with Crippen LogP contribution in [-0.4, -0.2) is 46.9 Å². The molecule has 1 aromatic carbocycles. The van der Waals surface area contributed by atoms with Gasteiger partial charge in [0.05, 0.1) is 4.92 Å². The van der Waals surface area contributed by atoms with Crippen LogP contribution in [-0.2, 0) is 5.41 Å². The minimum absolute atomic E-state index is 0.00577. The molecule has 2 heterocycles. The highest BCUT2D eigenvalue weighted by molar-refractivity contribution is 5.94. The summed E-state index contributed by atoms with van der Waals surface area (Å²) in [5.41, 5.74) is 2.73. The van der Waals surface area contributed by atoms with Crippen molar-refractivity contribution in [3.05, 3.63) is 63.3 Å². The highest BCUT2D eigenvalue weighted by Gasteiger charge is 2.24. The highest BCUT2D eigenvalue weighted by Crippen LogP contribution is 2.24. The molecule has 1 amide bonds. The van der Waals surface area contributed by atoms with Crippen molar-refractivity contribution in [2.45, 2.75) is 33.1 Å². The van der Waals surface area contributed by atoms with Crippen molar-refractivity contribution in [3.63, 3.8) is 0 Å². The van der Waals surface area contributed by atoms with Crippen LogP contribution in [0, 0.1) is 17.0 Å². The number of aryl methyl sites for hydroxylation is 1. The fraction of sp³-hybridized carbons (Fsp3) is 0.429. The Labute approximate surface area is 165 Å². The second-order valence-corrected chi connectivity index (χ2v) is 8.20. The molecule has 0 atom stereocenters. The van der Waals surface area contributed by atoms with E-state index in [0.29, 0.717) is 31.7 Å². The van der Waals surface area contributed by atoms with E-state index in [4.69, 9.17) is 0 Å². The zero-order valence-electron chi connectivity index (χ0n) is 16.8. The average Bonchev–Trinajstić information content (AvgIpc) is 2.67. The first-order valence-electron chi connectivity index (χ1n) is 9.42. The Balaban J connectivity index is 1.65. The zero-order valence-corrected chi connectivity index (χ0v) is 16.8. The molecule has 0 saturated carbocycles. The van der Waals surface area contributed by atoms with E-state index in [1.54, 1.807) is 0 Å². The van der Waals surface area contributed by atoms with Gasteiger partial charge >= 0.3 is 0 Å². The molecule has 1 fully saturated rings. The number of nitrogens with zero attached hydrogens (tertiary/aromatic N) is 4. The molecule has 1 aliphatic rings. The zero-order chi connectivity index (χ0) is 20.5. The summed E-state index contributed by atoms with van der Waals surface area (Å²) in [7, 11) is 0. The van der Waals surface area contributed by atoms with Crippen molar-refractivity contribution in [1.29, 1.82) is 0 Å². The van der Waals surface area contributed by atoms with E-state index in [1.165, 1.54) is 17.8 Å². The predicted molar refractivity (Wildman–Crippen MR) is 109 cm³/mol. The number of piperazine rings is 1. The maximum Gasteiger partial charge on any atom is 0.287 e. The third kappa shape index (κ3) is 4.13. The second-order valence-electron chi connectivity index (χ2n) is 8.20. The number of amides is 1. The number of carbonyl (C=O) groups excluding carboxylic acids is 1. The van der Waals surface area contributed by atoms with Gasteiger partial charge in [-0.25, -0.2) is 4.98 Å². The molecule has 0 unspecified atom stereocenters. The summed E-state index contributed by atoms with van der Waals surface area (Å²) in [5, 5.41) is 10.9. The SMILES string of the molecule is Cc1cc([N+](=O)[O-])cnc1N1CCN(C(=O)c2ccc(C(C)(C)C)cc2)CC1. The first kappa shape index (κ1) is 19.8. The van der Waals surface area contributed by atoms with Crippen LogP contribution in [0.3, 0.4) is 0 Å². The maximum absolute atomic E-state index is 12.8. The lowest BCUT2D eigenvalue weighted by molar-refractivity contribution is -0.385. The largest absolute Gasteiger partial charge is 0.353 e. The van der Waals surface area contributed by atoms with E-state index in [9.17, 15) is 14.9 Å². The van der Waals surface area contributed by atoms with Gasteiger partial charge in [0, 0.05) is 37.8 Å². The van der Waals surface area contributed by atoms with E-state index in [-0.39, 0.29) is 17.0 Å². The fourth-order valence-corrected chi connectivity index (χ4v) is 3.40. The number of nitro groups is 1. The molecule has 2 aromatic rings. The van der Waals surface area contributed by atoms with Crippen molar-refractivity contribution in [1.82, 2.24) is 9.88 Å². The number of benzene rings is 1. The van der Waals surface area contributed by atoms with Crippen molar-refractivity contribution >= 4 is 17.4 Å². The average molecular weight is 382 g/mol. The smallest absolute Gasteiger partial charge is 0.287 e. The number of hydrogen-bond donors (Lipinski definition) is 0. The van der Waals surface area contributed by atoms with Crippen LogP contribution in [0.25, 0.3) is 0 Å². The maximum atomic E-state index is 12.8. The molecule has 1 aromatic heterocycles. The molecule has 7 nitrogen and oxygen atoms in total. The summed E-state index contributed by atoms with van der Waals surface area (Å²) in [6.07, 6.45) is 1.29. The van der Waals surface area contributed by atoms with E-state index >= 15 is 0 Å². The molecule has 28 heavy (non-hydrogen) atoms. The number of rotatable bonds is 3. The summed E-state index contributed by atoms with van der Waals surface area (Å²) in [6.45, 7) is 10.8. The molecule has 3 rings (SSSR count). The standard InChI is InChI=1S/C21H26N4O3/c1-15-13-18(25(27)28)14-22-19(15)23-9-11-24(12-10-23)20(26)16-5-7-17(8-6-16)21(2,3)4/h5-8,13-14H,9-12H2,1-4H3. The third-order valence-electron chi connectivity index (χ3n) is 5.11. The second kappa shape index (κ2) is 7.58. The number of hydrogen-bond acceptors (Lipinski definition) is 5. The lowest BCUT2D eigenvalue weighted by Gasteiger charge is -2.36. The first-order valence-corrected chi connectivity index (χ1v) is 9.42. The van der Waals surface area contributed by atoms with Gasteiger partial charge in [-0.2, -0.15) is 0 Å². The van der Waals surface area contributed by atoms with Gasteiger partial charge in [-0.1, -0.05) is 32.9 Å². The van der Waals surface area contributed by atoms with Crippen LogP contribution >= 0.6 is 0 Å². The Morgan fingerprint density at radius 2 is 1.71 bits per heavy atom. The highest BCUT2D eigenvalue weighted by atomic mass is 16.6. The molecule has 1 saturated heterocycles. The van der Waals surface area contributed by atoms with Crippen molar-refractivity contribution < 1.29 is 9.72 Å². The minimum Gasteiger partial charge on any atom is -0.353 e. The number of aromatic nitrogens is 1. The minimum atomic E-state index is -0.439. The molecule has 0 spiro atoms. The topological polar surface area (TPSA) is 79.6 Å².